The Morgan fingerprint density at radius 3 is 2.83 bits per heavy atom. The molecule has 124 valence electrons. The van der Waals surface area contributed by atoms with Crippen LogP contribution in [0.5, 0.6) is 0 Å². The van der Waals surface area contributed by atoms with Gasteiger partial charge in [-0.1, -0.05) is 12.1 Å². The van der Waals surface area contributed by atoms with Crippen molar-refractivity contribution in [3.63, 3.8) is 0 Å². The van der Waals surface area contributed by atoms with Gasteiger partial charge in [-0.05, 0) is 18.2 Å². The van der Waals surface area contributed by atoms with Crippen LogP contribution in [0.15, 0.2) is 30.7 Å². The summed E-state index contributed by atoms with van der Waals surface area (Å²) < 4.78 is 3.27. The second-order valence-corrected chi connectivity index (χ2v) is 5.31. The van der Waals surface area contributed by atoms with E-state index in [-0.39, 0.29) is 18.4 Å². The lowest BCUT2D eigenvalue weighted by Crippen LogP contribution is -2.19. The SMILES string of the molecule is CCC(=O)Nc1cn(CC(=O)Nc2ccc3c(c2)ncn3C)nn1. The third-order valence-corrected chi connectivity index (χ3v) is 3.44. The number of hydrogen-bond donors (Lipinski definition) is 2. The molecule has 0 bridgehead atoms. The van der Waals surface area contributed by atoms with Gasteiger partial charge in [0.25, 0.3) is 0 Å². The fourth-order valence-corrected chi connectivity index (χ4v) is 2.23. The number of nitrogens with zero attached hydrogens (tertiary/aromatic N) is 5. The molecule has 0 saturated carbocycles. The molecule has 0 aliphatic rings. The van der Waals surface area contributed by atoms with Crippen LogP contribution in [0, 0.1) is 0 Å². The van der Waals surface area contributed by atoms with Crippen molar-refractivity contribution >= 4 is 34.4 Å². The second kappa shape index (κ2) is 6.49. The Hall–Kier alpha value is -3.23. The molecule has 2 heterocycles. The third kappa shape index (κ3) is 3.40. The van der Waals surface area contributed by atoms with E-state index in [9.17, 15) is 9.59 Å². The van der Waals surface area contributed by atoms with Crippen molar-refractivity contribution in [1.82, 2.24) is 24.5 Å². The summed E-state index contributed by atoms with van der Waals surface area (Å²) in [6, 6.07) is 5.52. The van der Waals surface area contributed by atoms with Crippen LogP contribution in [0.2, 0.25) is 0 Å². The van der Waals surface area contributed by atoms with E-state index in [4.69, 9.17) is 0 Å². The first kappa shape index (κ1) is 15.7. The number of benzene rings is 1. The van der Waals surface area contributed by atoms with Gasteiger partial charge < -0.3 is 15.2 Å². The molecule has 2 aromatic heterocycles. The highest BCUT2D eigenvalue weighted by atomic mass is 16.2. The molecule has 0 unspecified atom stereocenters. The number of fused-ring (bicyclic) bond motifs is 1. The molecule has 0 spiro atoms. The molecular formula is C15H17N7O2. The Labute approximate surface area is 137 Å². The van der Waals surface area contributed by atoms with Gasteiger partial charge in [-0.3, -0.25) is 9.59 Å². The van der Waals surface area contributed by atoms with Crippen LogP contribution >= 0.6 is 0 Å². The molecule has 0 radical (unpaired) electrons. The van der Waals surface area contributed by atoms with Gasteiger partial charge in [-0.25, -0.2) is 9.67 Å². The van der Waals surface area contributed by atoms with E-state index in [1.807, 2.05) is 29.8 Å². The number of amides is 2. The molecule has 0 fully saturated rings. The number of anilines is 2. The summed E-state index contributed by atoms with van der Waals surface area (Å²) >= 11 is 0. The lowest BCUT2D eigenvalue weighted by atomic mass is 10.2. The Morgan fingerprint density at radius 2 is 2.04 bits per heavy atom. The number of imidazole rings is 1. The molecule has 9 heteroatoms. The van der Waals surface area contributed by atoms with Crippen LogP contribution in [0.1, 0.15) is 13.3 Å². The number of carbonyl (C=O) groups excluding carboxylic acids is 2. The van der Waals surface area contributed by atoms with Gasteiger partial charge in [0.05, 0.1) is 23.6 Å². The minimum Gasteiger partial charge on any atom is -0.334 e. The molecule has 0 aliphatic carbocycles. The zero-order valence-corrected chi connectivity index (χ0v) is 13.4. The predicted octanol–water partition coefficient (Wildman–Crippen LogP) is 1.15. The summed E-state index contributed by atoms with van der Waals surface area (Å²) in [5, 5.41) is 13.0. The van der Waals surface area contributed by atoms with Crippen LogP contribution in [0.25, 0.3) is 11.0 Å². The van der Waals surface area contributed by atoms with E-state index in [0.717, 1.165) is 11.0 Å². The maximum atomic E-state index is 12.1. The van der Waals surface area contributed by atoms with Gasteiger partial charge in [-0.2, -0.15) is 0 Å². The first-order valence-corrected chi connectivity index (χ1v) is 7.46. The van der Waals surface area contributed by atoms with Crippen molar-refractivity contribution in [3.8, 4) is 0 Å². The van der Waals surface area contributed by atoms with E-state index >= 15 is 0 Å². The molecule has 1 aromatic carbocycles. The minimum atomic E-state index is -0.247. The van der Waals surface area contributed by atoms with Gasteiger partial charge in [-0.15, -0.1) is 5.10 Å². The summed E-state index contributed by atoms with van der Waals surface area (Å²) in [6.45, 7) is 1.74. The second-order valence-electron chi connectivity index (χ2n) is 5.31. The van der Waals surface area contributed by atoms with Crippen LogP contribution in [0.3, 0.4) is 0 Å². The van der Waals surface area contributed by atoms with E-state index in [0.29, 0.717) is 17.9 Å². The van der Waals surface area contributed by atoms with E-state index < -0.39 is 0 Å². The fourth-order valence-electron chi connectivity index (χ4n) is 2.23. The van der Waals surface area contributed by atoms with Gasteiger partial charge >= 0.3 is 0 Å². The van der Waals surface area contributed by atoms with Gasteiger partial charge in [0.15, 0.2) is 5.82 Å². The Kier molecular flexibility index (Phi) is 4.23. The first-order chi connectivity index (χ1) is 11.5. The largest absolute Gasteiger partial charge is 0.334 e. The molecular weight excluding hydrogens is 310 g/mol. The molecule has 0 atom stereocenters. The topological polar surface area (TPSA) is 107 Å². The zero-order valence-electron chi connectivity index (χ0n) is 13.4. The molecule has 2 N–H and O–H groups in total. The van der Waals surface area contributed by atoms with E-state index in [2.05, 4.69) is 25.9 Å². The Bertz CT molecular complexity index is 896. The summed E-state index contributed by atoms with van der Waals surface area (Å²) in [5.41, 5.74) is 2.45. The van der Waals surface area contributed by atoms with Crippen molar-refractivity contribution in [3.05, 3.63) is 30.7 Å². The number of nitrogens with one attached hydrogen (secondary N) is 2. The van der Waals surface area contributed by atoms with E-state index in [1.54, 1.807) is 13.3 Å². The standard InChI is InChI=1S/C15H17N7O2/c1-3-14(23)18-13-7-22(20-19-13)8-15(24)17-10-4-5-12-11(6-10)16-9-21(12)2/h4-7,9H,3,8H2,1-2H3,(H,17,24)(H,18,23). The minimum absolute atomic E-state index is 0.00471. The van der Waals surface area contributed by atoms with Crippen LogP contribution in [-0.4, -0.2) is 36.4 Å². The molecule has 0 aliphatic heterocycles. The fraction of sp³-hybridized carbons (Fsp3) is 0.267. The zero-order chi connectivity index (χ0) is 17.1. The molecule has 3 rings (SSSR count). The number of hydrogen-bond acceptors (Lipinski definition) is 5. The Morgan fingerprint density at radius 1 is 1.21 bits per heavy atom. The maximum Gasteiger partial charge on any atom is 0.246 e. The highest BCUT2D eigenvalue weighted by Crippen LogP contribution is 2.17. The smallest absolute Gasteiger partial charge is 0.246 e. The first-order valence-electron chi connectivity index (χ1n) is 7.46. The van der Waals surface area contributed by atoms with Crippen LogP contribution in [0.4, 0.5) is 11.5 Å². The van der Waals surface area contributed by atoms with Crippen molar-refractivity contribution in [2.24, 2.45) is 7.05 Å². The van der Waals surface area contributed by atoms with E-state index in [1.165, 1.54) is 10.9 Å². The number of aryl methyl sites for hydroxylation is 1. The highest BCUT2D eigenvalue weighted by molar-refractivity contribution is 5.93. The highest BCUT2D eigenvalue weighted by Gasteiger charge is 2.09. The van der Waals surface area contributed by atoms with Crippen molar-refractivity contribution in [1.29, 1.82) is 0 Å². The van der Waals surface area contributed by atoms with Crippen LogP contribution in [-0.2, 0) is 23.2 Å². The van der Waals surface area contributed by atoms with Crippen molar-refractivity contribution < 1.29 is 9.59 Å². The van der Waals surface area contributed by atoms with Gasteiger partial charge in [0.2, 0.25) is 11.8 Å². The molecule has 9 nitrogen and oxygen atoms in total. The number of carbonyl (C=O) groups is 2. The molecule has 0 saturated heterocycles. The van der Waals surface area contributed by atoms with Crippen molar-refractivity contribution in [2.45, 2.75) is 19.9 Å². The van der Waals surface area contributed by atoms with Crippen LogP contribution < -0.4 is 10.6 Å². The molecule has 2 amide bonds. The summed E-state index contributed by atoms with van der Waals surface area (Å²) in [5.74, 6) is -0.0803. The van der Waals surface area contributed by atoms with Crippen molar-refractivity contribution in [2.75, 3.05) is 10.6 Å². The molecule has 24 heavy (non-hydrogen) atoms. The quantitative estimate of drug-likeness (QED) is 0.731. The predicted molar refractivity (Wildman–Crippen MR) is 88.3 cm³/mol. The lowest BCUT2D eigenvalue weighted by molar-refractivity contribution is -0.117. The summed E-state index contributed by atoms with van der Waals surface area (Å²) in [4.78, 5) is 27.6. The summed E-state index contributed by atoms with van der Waals surface area (Å²) in [6.07, 6.45) is 3.58. The molecule has 3 aromatic rings. The average molecular weight is 327 g/mol. The summed E-state index contributed by atoms with van der Waals surface area (Å²) in [7, 11) is 1.91. The monoisotopic (exact) mass is 327 g/mol. The van der Waals surface area contributed by atoms with Gasteiger partial charge in [0.1, 0.15) is 6.54 Å². The number of rotatable bonds is 5. The normalized spacial score (nSPS) is 10.8. The third-order valence-electron chi connectivity index (χ3n) is 3.44. The number of aromatic nitrogens is 5. The maximum absolute atomic E-state index is 12.1. The Balaban J connectivity index is 1.63. The average Bonchev–Trinajstić information content (AvgIpc) is 3.14. The lowest BCUT2D eigenvalue weighted by Gasteiger charge is -2.05. The van der Waals surface area contributed by atoms with Gasteiger partial charge in [0, 0.05) is 19.2 Å².